The van der Waals surface area contributed by atoms with Gasteiger partial charge < -0.3 is 5.32 Å². The van der Waals surface area contributed by atoms with Crippen LogP contribution in [-0.2, 0) is 14.8 Å². The van der Waals surface area contributed by atoms with Crippen molar-refractivity contribution in [3.63, 3.8) is 0 Å². The monoisotopic (exact) mass is 454 g/mol. The lowest BCUT2D eigenvalue weighted by Crippen LogP contribution is -2.53. The number of carbonyl (C=O) groups excluding carboxylic acids is 1. The molecule has 9 nitrogen and oxygen atoms in total. The third kappa shape index (κ3) is 5.03. The standard InChI is InChI=1S/C19H20F2N4O5S/c1-13(19(26)22-14-3-2-4-15(11-14)25(27)28)23-7-9-24(10-8-23)31(29,30)16-5-6-17(20)18(21)12-16/h2-6,11-13H,7-10H2,1H3,(H,22,26). The molecule has 1 saturated heterocycles. The summed E-state index contributed by atoms with van der Waals surface area (Å²) in [5.41, 5.74) is 0.132. The largest absolute Gasteiger partial charge is 0.324 e. The van der Waals surface area contributed by atoms with Gasteiger partial charge >= 0.3 is 0 Å². The van der Waals surface area contributed by atoms with Crippen LogP contribution >= 0.6 is 0 Å². The highest BCUT2D eigenvalue weighted by molar-refractivity contribution is 7.89. The van der Waals surface area contributed by atoms with Gasteiger partial charge in [-0.25, -0.2) is 17.2 Å². The molecule has 1 atom stereocenters. The van der Waals surface area contributed by atoms with E-state index in [4.69, 9.17) is 0 Å². The fourth-order valence-electron chi connectivity index (χ4n) is 3.23. The number of carbonyl (C=O) groups is 1. The van der Waals surface area contributed by atoms with E-state index in [1.54, 1.807) is 11.8 Å². The summed E-state index contributed by atoms with van der Waals surface area (Å²) in [5, 5.41) is 13.5. The molecule has 2 aromatic rings. The number of halogens is 2. The molecular formula is C19H20F2N4O5S. The van der Waals surface area contributed by atoms with E-state index in [0.29, 0.717) is 6.07 Å². The van der Waals surface area contributed by atoms with Crippen LogP contribution in [0.4, 0.5) is 20.2 Å². The van der Waals surface area contributed by atoms with Crippen LogP contribution in [0.1, 0.15) is 6.92 Å². The molecule has 166 valence electrons. The molecule has 1 N–H and O–H groups in total. The molecule has 1 aliphatic rings. The average Bonchev–Trinajstić information content (AvgIpc) is 2.75. The maximum atomic E-state index is 13.4. The second-order valence-corrected chi connectivity index (χ2v) is 8.93. The third-order valence-corrected chi connectivity index (χ3v) is 6.95. The summed E-state index contributed by atoms with van der Waals surface area (Å²) in [6, 6.07) is 7.35. The smallest absolute Gasteiger partial charge is 0.271 e. The van der Waals surface area contributed by atoms with E-state index in [9.17, 15) is 32.1 Å². The van der Waals surface area contributed by atoms with Crippen molar-refractivity contribution < 1.29 is 26.9 Å². The fourth-order valence-corrected chi connectivity index (χ4v) is 4.66. The van der Waals surface area contributed by atoms with Crippen molar-refractivity contribution in [1.82, 2.24) is 9.21 Å². The lowest BCUT2D eigenvalue weighted by Gasteiger charge is -2.36. The van der Waals surface area contributed by atoms with Gasteiger partial charge in [-0.15, -0.1) is 0 Å². The lowest BCUT2D eigenvalue weighted by atomic mass is 10.2. The molecule has 0 spiro atoms. The van der Waals surface area contributed by atoms with E-state index in [1.165, 1.54) is 24.3 Å². The van der Waals surface area contributed by atoms with Crippen LogP contribution in [0.2, 0.25) is 0 Å². The first-order valence-corrected chi connectivity index (χ1v) is 10.8. The predicted octanol–water partition coefficient (Wildman–Crippen LogP) is 2.21. The van der Waals surface area contributed by atoms with Crippen molar-refractivity contribution in [2.45, 2.75) is 17.9 Å². The number of hydrogen-bond donors (Lipinski definition) is 1. The second-order valence-electron chi connectivity index (χ2n) is 6.99. The van der Waals surface area contributed by atoms with Crippen molar-refractivity contribution in [3.05, 3.63) is 64.2 Å². The van der Waals surface area contributed by atoms with Gasteiger partial charge in [0.25, 0.3) is 5.69 Å². The van der Waals surface area contributed by atoms with E-state index in [1.807, 2.05) is 0 Å². The Balaban J connectivity index is 1.62. The zero-order valence-electron chi connectivity index (χ0n) is 16.5. The molecule has 1 unspecified atom stereocenters. The molecule has 0 aromatic heterocycles. The predicted molar refractivity (Wildman–Crippen MR) is 108 cm³/mol. The van der Waals surface area contributed by atoms with E-state index in [2.05, 4.69) is 5.32 Å². The van der Waals surface area contributed by atoms with Crippen molar-refractivity contribution in [1.29, 1.82) is 0 Å². The quantitative estimate of drug-likeness (QED) is 0.529. The number of sulfonamides is 1. The fraction of sp³-hybridized carbons (Fsp3) is 0.316. The number of amides is 1. The third-order valence-electron chi connectivity index (χ3n) is 5.05. The normalized spacial score (nSPS) is 16.6. The summed E-state index contributed by atoms with van der Waals surface area (Å²) in [6.45, 7) is 2.26. The Kier molecular flexibility index (Phi) is 6.62. The van der Waals surface area contributed by atoms with Crippen LogP contribution in [-0.4, -0.2) is 60.7 Å². The Morgan fingerprint density at radius 1 is 1.10 bits per heavy atom. The number of anilines is 1. The van der Waals surface area contributed by atoms with Crippen molar-refractivity contribution in [2.24, 2.45) is 0 Å². The summed E-state index contributed by atoms with van der Waals surface area (Å²) in [7, 11) is -4.00. The molecular weight excluding hydrogens is 434 g/mol. The van der Waals surface area contributed by atoms with Gasteiger partial charge in [-0.3, -0.25) is 19.8 Å². The van der Waals surface area contributed by atoms with E-state index >= 15 is 0 Å². The van der Waals surface area contributed by atoms with Gasteiger partial charge in [-0.1, -0.05) is 6.07 Å². The van der Waals surface area contributed by atoms with E-state index in [-0.39, 0.29) is 42.4 Å². The number of rotatable bonds is 6. The number of benzene rings is 2. The van der Waals surface area contributed by atoms with E-state index in [0.717, 1.165) is 16.4 Å². The lowest BCUT2D eigenvalue weighted by molar-refractivity contribution is -0.384. The Morgan fingerprint density at radius 2 is 1.77 bits per heavy atom. The molecule has 31 heavy (non-hydrogen) atoms. The van der Waals surface area contributed by atoms with Gasteiger partial charge in [0, 0.05) is 44.0 Å². The SMILES string of the molecule is CC(C(=O)Nc1cccc([N+](=O)[O-])c1)N1CCN(S(=O)(=O)c2ccc(F)c(F)c2)CC1. The van der Waals surface area contributed by atoms with Crippen molar-refractivity contribution >= 4 is 27.3 Å². The van der Waals surface area contributed by atoms with Gasteiger partial charge in [-0.2, -0.15) is 4.31 Å². The number of nitro groups is 1. The van der Waals surface area contributed by atoms with Gasteiger partial charge in [0.15, 0.2) is 11.6 Å². The first kappa shape index (κ1) is 22.7. The highest BCUT2D eigenvalue weighted by Gasteiger charge is 2.32. The van der Waals surface area contributed by atoms with Gasteiger partial charge in [0.1, 0.15) is 0 Å². The minimum atomic E-state index is -4.00. The summed E-state index contributed by atoms with van der Waals surface area (Å²) >= 11 is 0. The maximum absolute atomic E-state index is 13.4. The van der Waals surface area contributed by atoms with Crippen LogP contribution in [0.3, 0.4) is 0 Å². The highest BCUT2D eigenvalue weighted by atomic mass is 32.2. The number of nitrogens with zero attached hydrogens (tertiary/aromatic N) is 3. The Labute approximate surface area is 177 Å². The summed E-state index contributed by atoms with van der Waals surface area (Å²) < 4.78 is 53.0. The van der Waals surface area contributed by atoms with Crippen LogP contribution < -0.4 is 5.32 Å². The molecule has 1 aliphatic heterocycles. The van der Waals surface area contributed by atoms with Crippen LogP contribution in [0.25, 0.3) is 0 Å². The molecule has 1 amide bonds. The molecule has 12 heteroatoms. The Hall–Kier alpha value is -2.96. The van der Waals surface area contributed by atoms with Gasteiger partial charge in [0.2, 0.25) is 15.9 Å². The zero-order valence-corrected chi connectivity index (χ0v) is 17.3. The highest BCUT2D eigenvalue weighted by Crippen LogP contribution is 2.21. The summed E-state index contributed by atoms with van der Waals surface area (Å²) in [4.78, 5) is 24.3. The Morgan fingerprint density at radius 3 is 2.39 bits per heavy atom. The van der Waals surface area contributed by atoms with Crippen LogP contribution in [0.5, 0.6) is 0 Å². The maximum Gasteiger partial charge on any atom is 0.271 e. The van der Waals surface area contributed by atoms with Crippen molar-refractivity contribution in [2.75, 3.05) is 31.5 Å². The molecule has 0 saturated carbocycles. The molecule has 1 heterocycles. The van der Waals surface area contributed by atoms with Crippen molar-refractivity contribution in [3.8, 4) is 0 Å². The number of non-ortho nitro benzene ring substituents is 1. The molecule has 0 radical (unpaired) electrons. The minimum absolute atomic E-state index is 0.0652. The minimum Gasteiger partial charge on any atom is -0.324 e. The first-order chi connectivity index (χ1) is 14.6. The zero-order chi connectivity index (χ0) is 22.8. The average molecular weight is 454 g/mol. The molecule has 2 aromatic carbocycles. The first-order valence-electron chi connectivity index (χ1n) is 9.34. The molecule has 3 rings (SSSR count). The van der Waals surface area contributed by atoms with Crippen LogP contribution in [0.15, 0.2) is 47.4 Å². The topological polar surface area (TPSA) is 113 Å². The molecule has 0 aliphatic carbocycles. The van der Waals surface area contributed by atoms with Gasteiger partial charge in [-0.05, 0) is 31.2 Å². The summed E-state index contributed by atoms with van der Waals surface area (Å²) in [5.74, 6) is -2.77. The number of piperazine rings is 1. The number of nitro benzene ring substituents is 1. The molecule has 0 bridgehead atoms. The number of hydrogen-bond acceptors (Lipinski definition) is 6. The Bertz CT molecular complexity index is 1100. The number of nitrogens with one attached hydrogen (secondary N) is 1. The van der Waals surface area contributed by atoms with E-state index < -0.39 is 38.5 Å². The van der Waals surface area contributed by atoms with Gasteiger partial charge in [0.05, 0.1) is 15.9 Å². The van der Waals surface area contributed by atoms with Crippen LogP contribution in [0, 0.1) is 21.7 Å². The second kappa shape index (κ2) is 9.04. The summed E-state index contributed by atoms with van der Waals surface area (Å²) in [6.07, 6.45) is 0. The molecule has 1 fully saturated rings.